The van der Waals surface area contributed by atoms with Crippen LogP contribution >= 0.6 is 11.3 Å². The molecule has 0 aromatic carbocycles. The van der Waals surface area contributed by atoms with Crippen LogP contribution in [-0.2, 0) is 0 Å². The molecule has 0 spiro atoms. The monoisotopic (exact) mass is 359 g/mol. The maximum absolute atomic E-state index is 12.2. The normalized spacial score (nSPS) is 18.9. The van der Waals surface area contributed by atoms with Crippen molar-refractivity contribution in [2.45, 2.75) is 13.0 Å². The molecule has 2 aliphatic rings. The van der Waals surface area contributed by atoms with Crippen molar-refractivity contribution >= 4 is 28.4 Å². The van der Waals surface area contributed by atoms with E-state index in [4.69, 9.17) is 0 Å². The first-order valence-electron chi connectivity index (χ1n) is 8.43. The Morgan fingerprint density at radius 1 is 1.16 bits per heavy atom. The lowest BCUT2D eigenvalue weighted by atomic mass is 10.1. The zero-order valence-electron chi connectivity index (χ0n) is 14.1. The van der Waals surface area contributed by atoms with Gasteiger partial charge in [-0.25, -0.2) is 19.7 Å². The highest BCUT2D eigenvalue weighted by molar-refractivity contribution is 7.15. The Hall–Kier alpha value is -2.26. The first-order chi connectivity index (χ1) is 12.2. The fraction of sp³-hybridized carbons (Fsp3) is 0.500. The molecule has 9 heteroatoms. The molecule has 2 saturated heterocycles. The Balaban J connectivity index is 1.23. The van der Waals surface area contributed by atoms with E-state index in [0.29, 0.717) is 11.2 Å². The molecule has 0 aliphatic carbocycles. The van der Waals surface area contributed by atoms with Gasteiger partial charge < -0.3 is 9.80 Å². The minimum Gasteiger partial charge on any atom is -0.338 e. The van der Waals surface area contributed by atoms with Crippen LogP contribution in [0.4, 0.5) is 15.9 Å². The molecule has 4 heterocycles. The molecule has 2 aromatic heterocycles. The fourth-order valence-corrected chi connectivity index (χ4v) is 3.83. The van der Waals surface area contributed by atoms with Crippen LogP contribution in [-0.4, -0.2) is 76.1 Å². The number of carbonyl (C=O) groups excluding carboxylic acids is 1. The number of carbonyl (C=O) groups is 1. The molecule has 1 N–H and O–H groups in total. The topological polar surface area (TPSA) is 77.5 Å². The highest BCUT2D eigenvalue weighted by Crippen LogP contribution is 2.21. The average molecular weight is 359 g/mol. The van der Waals surface area contributed by atoms with Crippen LogP contribution in [0.5, 0.6) is 0 Å². The van der Waals surface area contributed by atoms with Gasteiger partial charge >= 0.3 is 6.03 Å². The summed E-state index contributed by atoms with van der Waals surface area (Å²) in [5.74, 6) is 0.801. The summed E-state index contributed by atoms with van der Waals surface area (Å²) in [6, 6.07) is 2.23. The number of aromatic nitrogens is 3. The highest BCUT2D eigenvalue weighted by Gasteiger charge is 2.36. The van der Waals surface area contributed by atoms with Crippen molar-refractivity contribution in [3.05, 3.63) is 29.5 Å². The Morgan fingerprint density at radius 3 is 2.52 bits per heavy atom. The van der Waals surface area contributed by atoms with Crippen molar-refractivity contribution in [2.75, 3.05) is 49.5 Å². The maximum atomic E-state index is 12.2. The lowest BCUT2D eigenvalue weighted by Gasteiger charge is -2.47. The predicted molar refractivity (Wildman–Crippen MR) is 97.0 cm³/mol. The van der Waals surface area contributed by atoms with Gasteiger partial charge in [0, 0.05) is 68.8 Å². The smallest absolute Gasteiger partial charge is 0.323 e. The molecule has 0 atom stereocenters. The number of urea groups is 1. The second kappa shape index (κ2) is 6.93. The van der Waals surface area contributed by atoms with Gasteiger partial charge in [-0.15, -0.1) is 11.3 Å². The number of rotatable bonds is 3. The molecule has 0 saturated carbocycles. The minimum absolute atomic E-state index is 0.0538. The summed E-state index contributed by atoms with van der Waals surface area (Å²) in [6.07, 6.45) is 5.33. The molecule has 2 aliphatic heterocycles. The van der Waals surface area contributed by atoms with Crippen LogP contribution < -0.4 is 10.2 Å². The summed E-state index contributed by atoms with van der Waals surface area (Å²) < 4.78 is 0. The van der Waals surface area contributed by atoms with E-state index in [1.165, 1.54) is 11.3 Å². The van der Waals surface area contributed by atoms with Crippen LogP contribution in [0.1, 0.15) is 4.88 Å². The number of nitrogens with zero attached hydrogens (tertiary/aromatic N) is 6. The molecule has 2 amide bonds. The lowest BCUT2D eigenvalue weighted by molar-refractivity contribution is 0.0577. The Morgan fingerprint density at radius 2 is 1.88 bits per heavy atom. The third-order valence-corrected chi connectivity index (χ3v) is 5.48. The predicted octanol–water partition coefficient (Wildman–Crippen LogP) is 1.28. The lowest BCUT2D eigenvalue weighted by Crippen LogP contribution is -2.64. The van der Waals surface area contributed by atoms with Gasteiger partial charge in [-0.05, 0) is 13.0 Å². The number of amides is 2. The van der Waals surface area contributed by atoms with Crippen molar-refractivity contribution in [3.8, 4) is 0 Å². The van der Waals surface area contributed by atoms with Crippen molar-refractivity contribution in [3.63, 3.8) is 0 Å². The van der Waals surface area contributed by atoms with Gasteiger partial charge in [-0.2, -0.15) is 0 Å². The van der Waals surface area contributed by atoms with Crippen LogP contribution in [0.3, 0.4) is 0 Å². The van der Waals surface area contributed by atoms with Gasteiger partial charge in [0.05, 0.1) is 0 Å². The average Bonchev–Trinajstić information content (AvgIpc) is 3.00. The Kier molecular flexibility index (Phi) is 4.50. The van der Waals surface area contributed by atoms with Gasteiger partial charge in [0.25, 0.3) is 0 Å². The number of piperazine rings is 1. The van der Waals surface area contributed by atoms with Gasteiger partial charge in [0.2, 0.25) is 5.95 Å². The molecule has 2 aromatic rings. The van der Waals surface area contributed by atoms with E-state index in [9.17, 15) is 4.79 Å². The third-order valence-electron chi connectivity index (χ3n) is 4.65. The molecular weight excluding hydrogens is 338 g/mol. The molecule has 2 fully saturated rings. The van der Waals surface area contributed by atoms with E-state index in [-0.39, 0.29) is 6.03 Å². The van der Waals surface area contributed by atoms with Gasteiger partial charge in [0.1, 0.15) is 0 Å². The highest BCUT2D eigenvalue weighted by atomic mass is 32.1. The molecule has 132 valence electrons. The van der Waals surface area contributed by atoms with Crippen molar-refractivity contribution < 1.29 is 4.79 Å². The third kappa shape index (κ3) is 3.57. The van der Waals surface area contributed by atoms with E-state index in [1.54, 1.807) is 18.6 Å². The summed E-state index contributed by atoms with van der Waals surface area (Å²) in [4.78, 5) is 32.6. The second-order valence-electron chi connectivity index (χ2n) is 6.34. The first-order valence-corrected chi connectivity index (χ1v) is 9.25. The first kappa shape index (κ1) is 16.2. The van der Waals surface area contributed by atoms with Crippen LogP contribution in [0.15, 0.2) is 24.7 Å². The number of aryl methyl sites for hydroxylation is 1. The standard InChI is InChI=1S/C16H21N7OS/c1-12-9-19-15(25-12)20-16(24)23-10-13(11-23)21-5-7-22(8-6-21)14-17-3-2-4-18-14/h2-4,9,13H,5-8,10-11H2,1H3,(H,19,20,24). The van der Waals surface area contributed by atoms with Crippen LogP contribution in [0.2, 0.25) is 0 Å². The van der Waals surface area contributed by atoms with Crippen molar-refractivity contribution in [1.29, 1.82) is 0 Å². The van der Waals surface area contributed by atoms with Gasteiger partial charge in [-0.3, -0.25) is 10.2 Å². The van der Waals surface area contributed by atoms with Crippen LogP contribution in [0.25, 0.3) is 0 Å². The zero-order valence-corrected chi connectivity index (χ0v) is 14.9. The van der Waals surface area contributed by atoms with Crippen molar-refractivity contribution in [1.82, 2.24) is 24.8 Å². The number of nitrogens with one attached hydrogen (secondary N) is 1. The molecule has 25 heavy (non-hydrogen) atoms. The fourth-order valence-electron chi connectivity index (χ4n) is 3.18. The summed E-state index contributed by atoms with van der Waals surface area (Å²) in [7, 11) is 0. The molecule has 4 rings (SSSR count). The summed E-state index contributed by atoms with van der Waals surface area (Å²) >= 11 is 1.50. The second-order valence-corrected chi connectivity index (χ2v) is 7.57. The molecule has 0 unspecified atom stereocenters. The molecular formula is C16H21N7OS. The number of anilines is 2. The van der Waals surface area contributed by atoms with Gasteiger partial charge in [-0.1, -0.05) is 0 Å². The minimum atomic E-state index is -0.0538. The number of hydrogen-bond acceptors (Lipinski definition) is 7. The zero-order chi connectivity index (χ0) is 17.2. The van der Waals surface area contributed by atoms with E-state index in [1.807, 2.05) is 17.9 Å². The molecule has 8 nitrogen and oxygen atoms in total. The van der Waals surface area contributed by atoms with E-state index < -0.39 is 0 Å². The van der Waals surface area contributed by atoms with E-state index in [2.05, 4.69) is 30.1 Å². The van der Waals surface area contributed by atoms with E-state index >= 15 is 0 Å². The summed E-state index contributed by atoms with van der Waals surface area (Å²) in [5, 5.41) is 3.54. The molecule has 0 bridgehead atoms. The van der Waals surface area contributed by atoms with Crippen molar-refractivity contribution in [2.24, 2.45) is 0 Å². The quantitative estimate of drug-likeness (QED) is 0.890. The Bertz CT molecular complexity index is 723. The van der Waals surface area contributed by atoms with Crippen LogP contribution in [0, 0.1) is 6.92 Å². The maximum Gasteiger partial charge on any atom is 0.323 e. The van der Waals surface area contributed by atoms with Gasteiger partial charge in [0.15, 0.2) is 5.13 Å². The summed E-state index contributed by atoms with van der Waals surface area (Å²) in [6.45, 7) is 7.33. The number of hydrogen-bond donors (Lipinski definition) is 1. The van der Waals surface area contributed by atoms with E-state index in [0.717, 1.165) is 50.1 Å². The largest absolute Gasteiger partial charge is 0.338 e. The summed E-state index contributed by atoms with van der Waals surface area (Å²) in [5.41, 5.74) is 0. The Labute approximate surface area is 150 Å². The number of likely N-dealkylation sites (tertiary alicyclic amines) is 1. The SMILES string of the molecule is Cc1cnc(NC(=O)N2CC(N3CCN(c4ncccn4)CC3)C2)s1. The molecule has 0 radical (unpaired) electrons. The number of thiazole rings is 1.